The Morgan fingerprint density at radius 3 is 2.50 bits per heavy atom. The Balaban J connectivity index is 2.03. The van der Waals surface area contributed by atoms with E-state index in [2.05, 4.69) is 15.1 Å². The van der Waals surface area contributed by atoms with Crippen molar-refractivity contribution in [1.29, 1.82) is 0 Å². The Bertz CT molecular complexity index is 528. The average molecular weight is 303 g/mol. The minimum absolute atomic E-state index is 0.128. The van der Waals surface area contributed by atoms with E-state index in [4.69, 9.17) is 5.84 Å². The van der Waals surface area contributed by atoms with Crippen LogP contribution in [-0.2, 0) is 6.42 Å². The van der Waals surface area contributed by atoms with Crippen molar-refractivity contribution in [3.63, 3.8) is 0 Å². The lowest BCUT2D eigenvalue weighted by molar-refractivity contribution is -0.274. The minimum Gasteiger partial charge on any atom is -0.406 e. The molecular weight excluding hydrogens is 291 g/mol. The number of halogens is 3. The van der Waals surface area contributed by atoms with E-state index in [0.717, 1.165) is 10.4 Å². The third-order valence-electron chi connectivity index (χ3n) is 2.59. The second-order valence-corrected chi connectivity index (χ2v) is 4.94. The number of hydrazine groups is 1. The van der Waals surface area contributed by atoms with Crippen molar-refractivity contribution in [2.24, 2.45) is 5.84 Å². The standard InChI is InChI=1S/C12H12F3N3OS/c13-12(14,15)19-9-3-1-8(2-4-9)5-10(18-16)11-6-17-7-20-11/h1-4,6-7,10,18H,5,16H2. The molecule has 0 aliphatic carbocycles. The fraction of sp³-hybridized carbons (Fsp3) is 0.250. The van der Waals surface area contributed by atoms with E-state index < -0.39 is 6.36 Å². The highest BCUT2D eigenvalue weighted by Gasteiger charge is 2.30. The van der Waals surface area contributed by atoms with Crippen molar-refractivity contribution in [2.75, 3.05) is 0 Å². The third kappa shape index (κ3) is 4.19. The molecule has 2 rings (SSSR count). The van der Waals surface area contributed by atoms with Crippen molar-refractivity contribution in [3.8, 4) is 5.75 Å². The van der Waals surface area contributed by atoms with Crippen molar-refractivity contribution in [2.45, 2.75) is 18.8 Å². The van der Waals surface area contributed by atoms with Crippen molar-refractivity contribution < 1.29 is 17.9 Å². The van der Waals surface area contributed by atoms with Gasteiger partial charge in [0.05, 0.1) is 11.6 Å². The van der Waals surface area contributed by atoms with E-state index in [0.29, 0.717) is 6.42 Å². The SMILES string of the molecule is NNC(Cc1ccc(OC(F)(F)F)cc1)c1cncs1. The number of nitrogens with zero attached hydrogens (tertiary/aromatic N) is 1. The van der Waals surface area contributed by atoms with E-state index >= 15 is 0 Å². The zero-order chi connectivity index (χ0) is 14.6. The van der Waals surface area contributed by atoms with Crippen LogP contribution in [0.2, 0.25) is 0 Å². The summed E-state index contributed by atoms with van der Waals surface area (Å²) >= 11 is 1.46. The van der Waals surface area contributed by atoms with E-state index in [1.165, 1.54) is 23.5 Å². The number of benzene rings is 1. The predicted octanol–water partition coefficient (Wildman–Crippen LogP) is 2.79. The highest BCUT2D eigenvalue weighted by molar-refractivity contribution is 7.09. The molecule has 0 aliphatic heterocycles. The van der Waals surface area contributed by atoms with Crippen LogP contribution in [0.25, 0.3) is 0 Å². The van der Waals surface area contributed by atoms with E-state index in [-0.39, 0.29) is 11.8 Å². The first-order valence-electron chi connectivity index (χ1n) is 5.67. The summed E-state index contributed by atoms with van der Waals surface area (Å²) in [4.78, 5) is 4.93. The molecule has 1 aromatic heterocycles. The van der Waals surface area contributed by atoms with Crippen LogP contribution in [0.4, 0.5) is 13.2 Å². The van der Waals surface area contributed by atoms with Gasteiger partial charge in [0.15, 0.2) is 0 Å². The molecule has 1 unspecified atom stereocenters. The first-order valence-corrected chi connectivity index (χ1v) is 6.55. The molecule has 2 aromatic rings. The number of hydrogen-bond donors (Lipinski definition) is 2. The molecule has 0 radical (unpaired) electrons. The summed E-state index contributed by atoms with van der Waals surface area (Å²) in [6.07, 6.45) is -2.42. The second kappa shape index (κ2) is 6.21. The topological polar surface area (TPSA) is 60.2 Å². The molecule has 4 nitrogen and oxygen atoms in total. The Morgan fingerprint density at radius 1 is 1.30 bits per heavy atom. The summed E-state index contributed by atoms with van der Waals surface area (Å²) < 4.78 is 39.9. The van der Waals surface area contributed by atoms with Gasteiger partial charge in [-0.15, -0.1) is 24.5 Å². The van der Waals surface area contributed by atoms with Gasteiger partial charge >= 0.3 is 6.36 Å². The summed E-state index contributed by atoms with van der Waals surface area (Å²) in [7, 11) is 0. The van der Waals surface area contributed by atoms with E-state index in [9.17, 15) is 13.2 Å². The van der Waals surface area contributed by atoms with Crippen LogP contribution in [0, 0.1) is 0 Å². The largest absolute Gasteiger partial charge is 0.573 e. The summed E-state index contributed by atoms with van der Waals surface area (Å²) in [6.45, 7) is 0. The fourth-order valence-corrected chi connectivity index (χ4v) is 2.38. The van der Waals surface area contributed by atoms with Crippen molar-refractivity contribution in [3.05, 3.63) is 46.4 Å². The van der Waals surface area contributed by atoms with Gasteiger partial charge in [-0.2, -0.15) is 0 Å². The monoisotopic (exact) mass is 303 g/mol. The molecule has 1 aromatic carbocycles. The van der Waals surface area contributed by atoms with Crippen LogP contribution < -0.4 is 16.0 Å². The zero-order valence-corrected chi connectivity index (χ0v) is 11.0. The summed E-state index contributed by atoms with van der Waals surface area (Å²) in [5.41, 5.74) is 5.20. The number of nitrogens with one attached hydrogen (secondary N) is 1. The number of rotatable bonds is 5. The fourth-order valence-electron chi connectivity index (χ4n) is 1.70. The highest BCUT2D eigenvalue weighted by atomic mass is 32.1. The molecule has 0 saturated carbocycles. The number of thiazole rings is 1. The van der Waals surface area contributed by atoms with Crippen LogP contribution in [0.3, 0.4) is 0 Å². The van der Waals surface area contributed by atoms with Crippen LogP contribution >= 0.6 is 11.3 Å². The maximum Gasteiger partial charge on any atom is 0.573 e. The van der Waals surface area contributed by atoms with Crippen LogP contribution in [0.1, 0.15) is 16.5 Å². The number of alkyl halides is 3. The summed E-state index contributed by atoms with van der Waals surface area (Å²) in [6, 6.07) is 5.59. The first-order chi connectivity index (χ1) is 9.48. The van der Waals surface area contributed by atoms with Gasteiger partial charge in [-0.25, -0.2) is 0 Å². The zero-order valence-electron chi connectivity index (χ0n) is 10.2. The quantitative estimate of drug-likeness (QED) is 0.658. The molecule has 8 heteroatoms. The van der Waals surface area contributed by atoms with Gasteiger partial charge in [0.2, 0.25) is 0 Å². The molecule has 0 saturated heterocycles. The van der Waals surface area contributed by atoms with Crippen LogP contribution in [-0.4, -0.2) is 11.3 Å². The van der Waals surface area contributed by atoms with Gasteiger partial charge in [0.25, 0.3) is 0 Å². The number of ether oxygens (including phenoxy) is 1. The van der Waals surface area contributed by atoms with Crippen LogP contribution in [0.5, 0.6) is 5.75 Å². The minimum atomic E-state index is -4.68. The number of hydrogen-bond acceptors (Lipinski definition) is 5. The van der Waals surface area contributed by atoms with Crippen LogP contribution in [0.15, 0.2) is 36.0 Å². The lowest BCUT2D eigenvalue weighted by atomic mass is 10.1. The highest BCUT2D eigenvalue weighted by Crippen LogP contribution is 2.25. The third-order valence-corrected chi connectivity index (χ3v) is 3.48. The van der Waals surface area contributed by atoms with E-state index in [1.54, 1.807) is 23.8 Å². The van der Waals surface area contributed by atoms with Gasteiger partial charge in [-0.05, 0) is 24.1 Å². The average Bonchev–Trinajstić information content (AvgIpc) is 2.90. The summed E-state index contributed by atoms with van der Waals surface area (Å²) in [5.74, 6) is 5.24. The van der Waals surface area contributed by atoms with Gasteiger partial charge < -0.3 is 4.74 Å². The number of aromatic nitrogens is 1. The van der Waals surface area contributed by atoms with Crippen molar-refractivity contribution in [1.82, 2.24) is 10.4 Å². The van der Waals surface area contributed by atoms with Crippen molar-refractivity contribution >= 4 is 11.3 Å². The molecule has 0 fully saturated rings. The first kappa shape index (κ1) is 14.8. The molecule has 0 bridgehead atoms. The predicted molar refractivity (Wildman–Crippen MR) is 69.0 cm³/mol. The maximum atomic E-state index is 12.0. The lowest BCUT2D eigenvalue weighted by Crippen LogP contribution is -2.28. The molecule has 0 aliphatic rings. The Morgan fingerprint density at radius 2 is 2.00 bits per heavy atom. The molecule has 20 heavy (non-hydrogen) atoms. The molecular formula is C12H12F3N3OS. The smallest absolute Gasteiger partial charge is 0.406 e. The van der Waals surface area contributed by atoms with Gasteiger partial charge in [-0.1, -0.05) is 12.1 Å². The number of nitrogens with two attached hydrogens (primary N) is 1. The van der Waals surface area contributed by atoms with Gasteiger partial charge in [0, 0.05) is 11.1 Å². The Hall–Kier alpha value is -1.64. The molecule has 0 spiro atoms. The molecule has 0 amide bonds. The Labute approximate surface area is 117 Å². The second-order valence-electron chi connectivity index (χ2n) is 4.02. The molecule has 3 N–H and O–H groups in total. The molecule has 108 valence electrons. The maximum absolute atomic E-state index is 12.0. The lowest BCUT2D eigenvalue weighted by Gasteiger charge is -2.14. The van der Waals surface area contributed by atoms with Gasteiger partial charge in [-0.3, -0.25) is 16.3 Å². The van der Waals surface area contributed by atoms with Gasteiger partial charge in [0.1, 0.15) is 5.75 Å². The Kier molecular flexibility index (Phi) is 4.58. The van der Waals surface area contributed by atoms with E-state index in [1.807, 2.05) is 0 Å². The molecule has 1 atom stereocenters. The normalized spacial score (nSPS) is 13.2. The summed E-state index contributed by atoms with van der Waals surface area (Å²) in [5, 5.41) is 0. The molecule has 1 heterocycles.